The molecule has 1 N–H and O–H groups in total. The standard InChI is InChI=1S/C15H23Cl2NO/c1-4-15(19-6-3)14(18-5-2)9-11-7-8-12(16)10-13(11)17/h7-8,10,14-15,18H,4-6,9H2,1-3H3. The Bertz CT molecular complexity index is 384. The molecule has 1 rings (SSSR count). The minimum Gasteiger partial charge on any atom is -0.377 e. The molecular weight excluding hydrogens is 281 g/mol. The van der Waals surface area contributed by atoms with Crippen LogP contribution in [0.25, 0.3) is 0 Å². The highest BCUT2D eigenvalue weighted by Gasteiger charge is 2.20. The number of hydrogen-bond donors (Lipinski definition) is 1. The fourth-order valence-corrected chi connectivity index (χ4v) is 2.74. The first-order valence-corrected chi connectivity index (χ1v) is 7.66. The topological polar surface area (TPSA) is 21.3 Å². The Morgan fingerprint density at radius 3 is 2.47 bits per heavy atom. The lowest BCUT2D eigenvalue weighted by molar-refractivity contribution is 0.0323. The first-order chi connectivity index (χ1) is 9.12. The molecule has 1 aromatic rings. The molecule has 0 aliphatic carbocycles. The van der Waals surface area contributed by atoms with Crippen LogP contribution in [0.15, 0.2) is 18.2 Å². The van der Waals surface area contributed by atoms with Crippen molar-refractivity contribution in [2.24, 2.45) is 0 Å². The van der Waals surface area contributed by atoms with E-state index in [4.69, 9.17) is 27.9 Å². The molecule has 0 aliphatic heterocycles. The van der Waals surface area contributed by atoms with Crippen LogP contribution in [0.5, 0.6) is 0 Å². The number of benzene rings is 1. The van der Waals surface area contributed by atoms with Crippen LogP contribution in [0.2, 0.25) is 10.0 Å². The van der Waals surface area contributed by atoms with Gasteiger partial charge in [0.25, 0.3) is 0 Å². The first kappa shape index (κ1) is 16.8. The van der Waals surface area contributed by atoms with Gasteiger partial charge in [-0.2, -0.15) is 0 Å². The van der Waals surface area contributed by atoms with E-state index in [1.807, 2.05) is 19.1 Å². The van der Waals surface area contributed by atoms with Gasteiger partial charge >= 0.3 is 0 Å². The number of nitrogens with one attached hydrogen (secondary N) is 1. The van der Waals surface area contributed by atoms with Gasteiger partial charge < -0.3 is 10.1 Å². The SMILES string of the molecule is CCNC(Cc1ccc(Cl)cc1Cl)C(CC)OCC. The van der Waals surface area contributed by atoms with Crippen molar-refractivity contribution in [2.75, 3.05) is 13.2 Å². The Kier molecular flexibility index (Phi) is 7.77. The van der Waals surface area contributed by atoms with Gasteiger partial charge in [-0.15, -0.1) is 0 Å². The normalized spacial score (nSPS) is 14.4. The Balaban J connectivity index is 2.81. The summed E-state index contributed by atoms with van der Waals surface area (Å²) in [7, 11) is 0. The van der Waals surface area contributed by atoms with Crippen LogP contribution in [0.3, 0.4) is 0 Å². The largest absolute Gasteiger partial charge is 0.377 e. The lowest BCUT2D eigenvalue weighted by Gasteiger charge is -2.27. The zero-order chi connectivity index (χ0) is 14.3. The molecule has 4 heteroatoms. The zero-order valence-corrected chi connectivity index (χ0v) is 13.4. The van der Waals surface area contributed by atoms with Gasteiger partial charge in [0.2, 0.25) is 0 Å². The highest BCUT2D eigenvalue weighted by Crippen LogP contribution is 2.23. The lowest BCUT2D eigenvalue weighted by Crippen LogP contribution is -2.42. The van der Waals surface area contributed by atoms with Crippen molar-refractivity contribution in [3.8, 4) is 0 Å². The van der Waals surface area contributed by atoms with Crippen molar-refractivity contribution in [1.82, 2.24) is 5.32 Å². The molecular formula is C15H23Cl2NO. The summed E-state index contributed by atoms with van der Waals surface area (Å²) in [4.78, 5) is 0. The van der Waals surface area contributed by atoms with Crippen molar-refractivity contribution >= 4 is 23.2 Å². The third kappa shape index (κ3) is 5.31. The van der Waals surface area contributed by atoms with E-state index in [-0.39, 0.29) is 12.1 Å². The smallest absolute Gasteiger partial charge is 0.0728 e. The van der Waals surface area contributed by atoms with Crippen molar-refractivity contribution in [3.63, 3.8) is 0 Å². The van der Waals surface area contributed by atoms with Gasteiger partial charge in [0, 0.05) is 22.7 Å². The maximum absolute atomic E-state index is 6.25. The zero-order valence-electron chi connectivity index (χ0n) is 11.9. The molecule has 0 bridgehead atoms. The van der Waals surface area contributed by atoms with Gasteiger partial charge in [-0.1, -0.05) is 43.1 Å². The van der Waals surface area contributed by atoms with Crippen molar-refractivity contribution in [2.45, 2.75) is 45.8 Å². The summed E-state index contributed by atoms with van der Waals surface area (Å²) in [5.74, 6) is 0. The molecule has 2 unspecified atom stereocenters. The van der Waals surface area contributed by atoms with Gasteiger partial charge in [0.1, 0.15) is 0 Å². The summed E-state index contributed by atoms with van der Waals surface area (Å²) >= 11 is 12.2. The summed E-state index contributed by atoms with van der Waals surface area (Å²) in [6, 6.07) is 5.94. The van der Waals surface area contributed by atoms with Crippen LogP contribution in [0.4, 0.5) is 0 Å². The maximum atomic E-state index is 6.25. The number of likely N-dealkylation sites (N-methyl/N-ethyl adjacent to an activating group) is 1. The van der Waals surface area contributed by atoms with Gasteiger partial charge in [-0.25, -0.2) is 0 Å². The van der Waals surface area contributed by atoms with Crippen LogP contribution in [0.1, 0.15) is 32.8 Å². The summed E-state index contributed by atoms with van der Waals surface area (Å²) in [5, 5.41) is 4.89. The van der Waals surface area contributed by atoms with Gasteiger partial charge in [0.15, 0.2) is 0 Å². The van der Waals surface area contributed by atoms with Crippen LogP contribution in [-0.2, 0) is 11.2 Å². The Hall–Kier alpha value is -0.280. The molecule has 19 heavy (non-hydrogen) atoms. The molecule has 0 radical (unpaired) electrons. The van der Waals surface area contributed by atoms with Gasteiger partial charge in [0.05, 0.1) is 6.10 Å². The monoisotopic (exact) mass is 303 g/mol. The third-order valence-corrected chi connectivity index (χ3v) is 3.74. The molecule has 2 nitrogen and oxygen atoms in total. The van der Waals surface area contributed by atoms with E-state index in [0.717, 1.165) is 36.6 Å². The summed E-state index contributed by atoms with van der Waals surface area (Å²) in [5.41, 5.74) is 1.11. The van der Waals surface area contributed by atoms with E-state index in [9.17, 15) is 0 Å². The number of halogens is 2. The predicted octanol–water partition coefficient (Wildman–Crippen LogP) is 4.33. The molecule has 0 saturated carbocycles. The molecule has 0 amide bonds. The van der Waals surface area contributed by atoms with E-state index in [0.29, 0.717) is 5.02 Å². The third-order valence-electron chi connectivity index (χ3n) is 3.15. The molecule has 0 saturated heterocycles. The quantitative estimate of drug-likeness (QED) is 0.772. The molecule has 0 spiro atoms. The van der Waals surface area contributed by atoms with E-state index >= 15 is 0 Å². The average molecular weight is 304 g/mol. The van der Waals surface area contributed by atoms with E-state index in [1.54, 1.807) is 6.07 Å². The lowest BCUT2D eigenvalue weighted by atomic mass is 9.99. The molecule has 108 valence electrons. The summed E-state index contributed by atoms with van der Waals surface area (Å²) in [6.07, 6.45) is 2.04. The fraction of sp³-hybridized carbons (Fsp3) is 0.600. The molecule has 2 atom stereocenters. The second-order valence-corrected chi connectivity index (χ2v) is 5.35. The second-order valence-electron chi connectivity index (χ2n) is 4.51. The van der Waals surface area contributed by atoms with E-state index < -0.39 is 0 Å². The highest BCUT2D eigenvalue weighted by atomic mass is 35.5. The van der Waals surface area contributed by atoms with Crippen LogP contribution in [0, 0.1) is 0 Å². The Labute approximate surface area is 126 Å². The maximum Gasteiger partial charge on any atom is 0.0728 e. The van der Waals surface area contributed by atoms with Crippen LogP contribution in [-0.4, -0.2) is 25.3 Å². The number of hydrogen-bond acceptors (Lipinski definition) is 2. The fourth-order valence-electron chi connectivity index (χ4n) is 2.25. The average Bonchev–Trinajstić information content (AvgIpc) is 2.38. The van der Waals surface area contributed by atoms with E-state index in [2.05, 4.69) is 19.2 Å². The molecule has 0 aromatic heterocycles. The second kappa shape index (κ2) is 8.80. The summed E-state index contributed by atoms with van der Waals surface area (Å²) in [6.45, 7) is 7.93. The van der Waals surface area contributed by atoms with Gasteiger partial charge in [-0.3, -0.25) is 0 Å². The first-order valence-electron chi connectivity index (χ1n) is 6.91. The molecule has 0 heterocycles. The molecule has 1 aromatic carbocycles. The number of rotatable bonds is 8. The van der Waals surface area contributed by atoms with Crippen LogP contribution < -0.4 is 5.32 Å². The van der Waals surface area contributed by atoms with Crippen molar-refractivity contribution in [1.29, 1.82) is 0 Å². The van der Waals surface area contributed by atoms with Crippen LogP contribution >= 0.6 is 23.2 Å². The Morgan fingerprint density at radius 2 is 1.95 bits per heavy atom. The van der Waals surface area contributed by atoms with E-state index in [1.165, 1.54) is 0 Å². The van der Waals surface area contributed by atoms with Gasteiger partial charge in [-0.05, 0) is 44.0 Å². The van der Waals surface area contributed by atoms with Crippen molar-refractivity contribution < 1.29 is 4.74 Å². The highest BCUT2D eigenvalue weighted by molar-refractivity contribution is 6.35. The summed E-state index contributed by atoms with van der Waals surface area (Å²) < 4.78 is 5.81. The number of ether oxygens (including phenoxy) is 1. The molecule has 0 aliphatic rings. The Morgan fingerprint density at radius 1 is 1.21 bits per heavy atom. The molecule has 0 fully saturated rings. The minimum atomic E-state index is 0.205. The predicted molar refractivity (Wildman–Crippen MR) is 83.3 cm³/mol. The van der Waals surface area contributed by atoms with Crippen molar-refractivity contribution in [3.05, 3.63) is 33.8 Å². The minimum absolute atomic E-state index is 0.205.